The summed E-state index contributed by atoms with van der Waals surface area (Å²) in [6.45, 7) is 8.88. The molecule has 0 aromatic heterocycles. The van der Waals surface area contributed by atoms with Crippen molar-refractivity contribution in [3.8, 4) is 0 Å². The van der Waals surface area contributed by atoms with Crippen LogP contribution in [-0.4, -0.2) is 19.6 Å². The van der Waals surface area contributed by atoms with Gasteiger partial charge < -0.3 is 10.2 Å². The number of anilines is 1. The molecule has 1 aliphatic heterocycles. The van der Waals surface area contributed by atoms with Gasteiger partial charge in [-0.1, -0.05) is 36.2 Å². The Morgan fingerprint density at radius 1 is 1.25 bits per heavy atom. The van der Waals surface area contributed by atoms with Gasteiger partial charge in [0.15, 0.2) is 0 Å². The molecular weight excluding hydrogens is 312 g/mol. The van der Waals surface area contributed by atoms with Crippen molar-refractivity contribution in [2.75, 3.05) is 24.5 Å². The first-order valence-corrected chi connectivity index (χ1v) is 8.78. The molecule has 0 radical (unpaired) electrons. The fraction of sp³-hybridized carbons (Fsp3) is 0.647. The van der Waals surface area contributed by atoms with Crippen molar-refractivity contribution in [2.45, 2.75) is 46.1 Å². The molecular formula is C17H27BrN2. The number of nitrogens with zero attached hydrogens (tertiary/aromatic N) is 1. The lowest BCUT2D eigenvalue weighted by atomic mass is 9.98. The highest BCUT2D eigenvalue weighted by Crippen LogP contribution is 2.29. The van der Waals surface area contributed by atoms with E-state index in [2.05, 4.69) is 58.2 Å². The fourth-order valence-corrected chi connectivity index (χ4v) is 3.49. The first kappa shape index (κ1) is 15.8. The van der Waals surface area contributed by atoms with Gasteiger partial charge in [0.2, 0.25) is 0 Å². The van der Waals surface area contributed by atoms with Crippen LogP contribution in [0.3, 0.4) is 0 Å². The lowest BCUT2D eigenvalue weighted by Crippen LogP contribution is -2.26. The summed E-state index contributed by atoms with van der Waals surface area (Å²) in [5, 5.41) is 3.46. The van der Waals surface area contributed by atoms with E-state index < -0.39 is 0 Å². The van der Waals surface area contributed by atoms with Crippen LogP contribution in [0.5, 0.6) is 0 Å². The molecule has 1 aromatic carbocycles. The van der Waals surface area contributed by atoms with Crippen LogP contribution in [0.1, 0.15) is 45.1 Å². The minimum absolute atomic E-state index is 0.924. The zero-order valence-electron chi connectivity index (χ0n) is 12.8. The van der Waals surface area contributed by atoms with Crippen LogP contribution < -0.4 is 10.2 Å². The number of hydrogen-bond donors (Lipinski definition) is 1. The van der Waals surface area contributed by atoms with Gasteiger partial charge in [-0.2, -0.15) is 0 Å². The van der Waals surface area contributed by atoms with Crippen molar-refractivity contribution < 1.29 is 0 Å². The SMILES string of the molecule is CCNCc1cc(Br)ccc1N1CCCC(CC)CC1. The van der Waals surface area contributed by atoms with Crippen molar-refractivity contribution in [3.05, 3.63) is 28.2 Å². The van der Waals surface area contributed by atoms with Gasteiger partial charge >= 0.3 is 0 Å². The summed E-state index contributed by atoms with van der Waals surface area (Å²) in [5.41, 5.74) is 2.84. The normalized spacial score (nSPS) is 19.9. The minimum Gasteiger partial charge on any atom is -0.371 e. The second kappa shape index (κ2) is 8.04. The molecule has 1 heterocycles. The Hall–Kier alpha value is -0.540. The molecule has 1 aliphatic rings. The molecule has 0 amide bonds. The van der Waals surface area contributed by atoms with E-state index in [1.165, 1.54) is 54.5 Å². The summed E-state index contributed by atoms with van der Waals surface area (Å²) in [7, 11) is 0. The molecule has 1 saturated heterocycles. The molecule has 1 unspecified atom stereocenters. The maximum atomic E-state index is 3.60. The van der Waals surface area contributed by atoms with Gasteiger partial charge in [-0.25, -0.2) is 0 Å². The highest BCUT2D eigenvalue weighted by atomic mass is 79.9. The lowest BCUT2D eigenvalue weighted by molar-refractivity contribution is 0.459. The third kappa shape index (κ3) is 4.23. The van der Waals surface area contributed by atoms with Crippen molar-refractivity contribution in [1.82, 2.24) is 5.32 Å². The summed E-state index contributed by atoms with van der Waals surface area (Å²) >= 11 is 3.60. The van der Waals surface area contributed by atoms with Crippen LogP contribution in [0.25, 0.3) is 0 Å². The van der Waals surface area contributed by atoms with Crippen LogP contribution in [-0.2, 0) is 6.54 Å². The van der Waals surface area contributed by atoms with Gasteiger partial charge in [0.05, 0.1) is 0 Å². The molecule has 2 nitrogen and oxygen atoms in total. The molecule has 0 saturated carbocycles. The molecule has 0 bridgehead atoms. The van der Waals surface area contributed by atoms with Gasteiger partial charge in [-0.15, -0.1) is 0 Å². The fourth-order valence-electron chi connectivity index (χ4n) is 3.08. The second-order valence-corrected chi connectivity index (χ2v) is 6.66. The molecule has 1 aromatic rings. The average molecular weight is 339 g/mol. The maximum absolute atomic E-state index is 3.60. The van der Waals surface area contributed by atoms with Crippen LogP contribution >= 0.6 is 15.9 Å². The minimum atomic E-state index is 0.924. The topological polar surface area (TPSA) is 15.3 Å². The summed E-state index contributed by atoms with van der Waals surface area (Å²) in [4.78, 5) is 2.59. The predicted octanol–water partition coefficient (Wildman–Crippen LogP) is 4.58. The Morgan fingerprint density at radius 3 is 2.85 bits per heavy atom. The number of nitrogens with one attached hydrogen (secondary N) is 1. The van der Waals surface area contributed by atoms with Crippen molar-refractivity contribution in [3.63, 3.8) is 0 Å². The standard InChI is InChI=1S/C17H27BrN2/c1-3-14-6-5-10-20(11-9-14)17-8-7-16(18)12-15(17)13-19-4-2/h7-8,12,14,19H,3-6,9-11,13H2,1-2H3. The Morgan fingerprint density at radius 2 is 2.10 bits per heavy atom. The summed E-state index contributed by atoms with van der Waals surface area (Å²) in [6.07, 6.45) is 5.40. The first-order valence-electron chi connectivity index (χ1n) is 7.98. The number of rotatable bonds is 5. The Kier molecular flexibility index (Phi) is 6.37. The van der Waals surface area contributed by atoms with Gasteiger partial charge in [-0.3, -0.25) is 0 Å². The van der Waals surface area contributed by atoms with Crippen LogP contribution in [0.2, 0.25) is 0 Å². The first-order chi connectivity index (χ1) is 9.74. The molecule has 0 spiro atoms. The van der Waals surface area contributed by atoms with E-state index >= 15 is 0 Å². The third-order valence-electron chi connectivity index (χ3n) is 4.37. The third-order valence-corrected chi connectivity index (χ3v) is 4.87. The summed E-state index contributed by atoms with van der Waals surface area (Å²) in [5.74, 6) is 0.924. The maximum Gasteiger partial charge on any atom is 0.0412 e. The molecule has 2 rings (SSSR count). The van der Waals surface area contributed by atoms with Crippen LogP contribution in [0.4, 0.5) is 5.69 Å². The zero-order valence-corrected chi connectivity index (χ0v) is 14.4. The summed E-state index contributed by atoms with van der Waals surface area (Å²) in [6, 6.07) is 6.72. The molecule has 20 heavy (non-hydrogen) atoms. The quantitative estimate of drug-likeness (QED) is 0.845. The lowest BCUT2D eigenvalue weighted by Gasteiger charge is -2.26. The molecule has 1 atom stereocenters. The summed E-state index contributed by atoms with van der Waals surface area (Å²) < 4.78 is 1.18. The van der Waals surface area contributed by atoms with Gasteiger partial charge in [0.1, 0.15) is 0 Å². The molecule has 112 valence electrons. The van der Waals surface area contributed by atoms with Gasteiger partial charge in [-0.05, 0) is 55.5 Å². The predicted molar refractivity (Wildman–Crippen MR) is 91.4 cm³/mol. The van der Waals surface area contributed by atoms with E-state index in [0.29, 0.717) is 0 Å². The van der Waals surface area contributed by atoms with E-state index in [-0.39, 0.29) is 0 Å². The molecule has 1 N–H and O–H groups in total. The van der Waals surface area contributed by atoms with Gasteiger partial charge in [0, 0.05) is 29.8 Å². The highest BCUT2D eigenvalue weighted by molar-refractivity contribution is 9.10. The van der Waals surface area contributed by atoms with Crippen LogP contribution in [0.15, 0.2) is 22.7 Å². The molecule has 0 aliphatic carbocycles. The largest absolute Gasteiger partial charge is 0.371 e. The van der Waals surface area contributed by atoms with Crippen molar-refractivity contribution in [2.24, 2.45) is 5.92 Å². The number of benzene rings is 1. The van der Waals surface area contributed by atoms with Gasteiger partial charge in [0.25, 0.3) is 0 Å². The van der Waals surface area contributed by atoms with E-state index in [1.54, 1.807) is 0 Å². The van der Waals surface area contributed by atoms with Crippen molar-refractivity contribution >= 4 is 21.6 Å². The van der Waals surface area contributed by atoms with Crippen molar-refractivity contribution in [1.29, 1.82) is 0 Å². The van der Waals surface area contributed by atoms with E-state index in [1.807, 2.05) is 0 Å². The van der Waals surface area contributed by atoms with Crippen LogP contribution in [0, 0.1) is 5.92 Å². The smallest absolute Gasteiger partial charge is 0.0412 e. The monoisotopic (exact) mass is 338 g/mol. The van der Waals surface area contributed by atoms with E-state index in [9.17, 15) is 0 Å². The Labute approximate surface area is 132 Å². The Balaban J connectivity index is 2.13. The molecule has 1 fully saturated rings. The zero-order chi connectivity index (χ0) is 14.4. The molecule has 3 heteroatoms. The highest BCUT2D eigenvalue weighted by Gasteiger charge is 2.18. The number of hydrogen-bond acceptors (Lipinski definition) is 2. The average Bonchev–Trinajstić information content (AvgIpc) is 2.70. The second-order valence-electron chi connectivity index (χ2n) is 5.75. The van der Waals surface area contributed by atoms with E-state index in [0.717, 1.165) is 19.0 Å². The number of halogens is 1. The Bertz CT molecular complexity index is 419. The van der Waals surface area contributed by atoms with E-state index in [4.69, 9.17) is 0 Å².